The van der Waals surface area contributed by atoms with Gasteiger partial charge in [-0.2, -0.15) is 0 Å². The summed E-state index contributed by atoms with van der Waals surface area (Å²) >= 11 is 5.99. The lowest BCUT2D eigenvalue weighted by atomic mass is 10.1. The smallest absolute Gasteiger partial charge is 0.127 e. The average Bonchev–Trinajstić information content (AvgIpc) is 2.36. The first-order chi connectivity index (χ1) is 8.69. The van der Waals surface area contributed by atoms with E-state index in [-0.39, 0.29) is 11.9 Å². The van der Waals surface area contributed by atoms with Crippen LogP contribution in [0.1, 0.15) is 5.56 Å². The summed E-state index contributed by atoms with van der Waals surface area (Å²) < 4.78 is 23.9. The summed E-state index contributed by atoms with van der Waals surface area (Å²) in [4.78, 5) is 0. The molecule has 0 aliphatic rings. The van der Waals surface area contributed by atoms with Crippen molar-refractivity contribution in [1.29, 1.82) is 0 Å². The molecule has 0 aromatic heterocycles. The van der Waals surface area contributed by atoms with Crippen molar-refractivity contribution in [2.75, 3.05) is 34.0 Å². The van der Waals surface area contributed by atoms with Crippen LogP contribution in [0.5, 0.6) is 0 Å². The average molecular weight is 276 g/mol. The van der Waals surface area contributed by atoms with Gasteiger partial charge in [0.25, 0.3) is 0 Å². The molecule has 0 saturated heterocycles. The highest BCUT2D eigenvalue weighted by molar-refractivity contribution is 6.31. The summed E-state index contributed by atoms with van der Waals surface area (Å²) in [6.45, 7) is 1.57. The van der Waals surface area contributed by atoms with E-state index >= 15 is 0 Å². The maximum absolute atomic E-state index is 13.6. The van der Waals surface area contributed by atoms with Gasteiger partial charge in [0.05, 0.1) is 19.8 Å². The summed E-state index contributed by atoms with van der Waals surface area (Å²) in [6, 6.07) is 4.74. The Morgan fingerprint density at radius 2 is 2.17 bits per heavy atom. The molecule has 1 N–H and O–H groups in total. The van der Waals surface area contributed by atoms with Gasteiger partial charge in [0.1, 0.15) is 5.82 Å². The third kappa shape index (κ3) is 4.90. The number of halogens is 2. The summed E-state index contributed by atoms with van der Waals surface area (Å²) in [7, 11) is 3.44. The van der Waals surface area contributed by atoms with Gasteiger partial charge in [-0.1, -0.05) is 17.7 Å². The number of ether oxygens (including phenoxy) is 2. The van der Waals surface area contributed by atoms with Crippen LogP contribution in [0.3, 0.4) is 0 Å². The number of likely N-dealkylation sites (N-methyl/N-ethyl adjacent to an activating group) is 1. The molecule has 0 saturated carbocycles. The van der Waals surface area contributed by atoms with Crippen LogP contribution < -0.4 is 5.32 Å². The first kappa shape index (κ1) is 15.4. The van der Waals surface area contributed by atoms with Crippen LogP contribution in [0.15, 0.2) is 18.2 Å². The van der Waals surface area contributed by atoms with E-state index in [9.17, 15) is 4.39 Å². The minimum Gasteiger partial charge on any atom is -0.382 e. The van der Waals surface area contributed by atoms with Gasteiger partial charge >= 0.3 is 0 Å². The molecule has 1 atom stereocenters. The van der Waals surface area contributed by atoms with E-state index in [0.29, 0.717) is 36.8 Å². The van der Waals surface area contributed by atoms with Crippen LogP contribution in [0.2, 0.25) is 5.02 Å². The lowest BCUT2D eigenvalue weighted by Gasteiger charge is -2.17. The molecule has 1 aromatic rings. The highest BCUT2D eigenvalue weighted by Gasteiger charge is 2.13. The van der Waals surface area contributed by atoms with Crippen molar-refractivity contribution in [1.82, 2.24) is 5.32 Å². The standard InChI is InChI=1S/C13H19ClFNO2/c1-16-10(9-18-7-6-17-2)8-11-12(14)4-3-5-13(11)15/h3-5,10,16H,6-9H2,1-2H3. The van der Waals surface area contributed by atoms with Crippen LogP contribution >= 0.6 is 11.6 Å². The molecule has 102 valence electrons. The first-order valence-electron chi connectivity index (χ1n) is 5.85. The first-order valence-corrected chi connectivity index (χ1v) is 6.23. The molecule has 1 rings (SSSR count). The Kier molecular flexibility index (Phi) is 7.20. The number of rotatable bonds is 8. The molecule has 0 aliphatic carbocycles. The number of methoxy groups -OCH3 is 1. The fraction of sp³-hybridized carbons (Fsp3) is 0.538. The second-order valence-electron chi connectivity index (χ2n) is 3.96. The Balaban J connectivity index is 2.52. The van der Waals surface area contributed by atoms with Gasteiger partial charge in [-0.3, -0.25) is 0 Å². The van der Waals surface area contributed by atoms with Crippen molar-refractivity contribution in [3.05, 3.63) is 34.6 Å². The van der Waals surface area contributed by atoms with E-state index in [1.54, 1.807) is 19.2 Å². The molecule has 0 amide bonds. The Morgan fingerprint density at radius 3 is 2.78 bits per heavy atom. The van der Waals surface area contributed by atoms with E-state index in [2.05, 4.69) is 5.32 Å². The third-order valence-corrected chi connectivity index (χ3v) is 3.03. The highest BCUT2D eigenvalue weighted by atomic mass is 35.5. The monoisotopic (exact) mass is 275 g/mol. The molecule has 1 aromatic carbocycles. The molecule has 0 bridgehead atoms. The molecule has 0 fully saturated rings. The van der Waals surface area contributed by atoms with E-state index in [1.165, 1.54) is 6.07 Å². The lowest BCUT2D eigenvalue weighted by Crippen LogP contribution is -2.33. The van der Waals surface area contributed by atoms with Gasteiger partial charge in [0, 0.05) is 23.7 Å². The maximum atomic E-state index is 13.6. The Labute approximate surface area is 112 Å². The lowest BCUT2D eigenvalue weighted by molar-refractivity contribution is 0.0597. The number of nitrogens with one attached hydrogen (secondary N) is 1. The summed E-state index contributed by atoms with van der Waals surface area (Å²) in [5.41, 5.74) is 0.522. The van der Waals surface area contributed by atoms with Crippen molar-refractivity contribution in [3.8, 4) is 0 Å². The molecule has 3 nitrogen and oxygen atoms in total. The largest absolute Gasteiger partial charge is 0.382 e. The second kappa shape index (κ2) is 8.43. The Morgan fingerprint density at radius 1 is 1.39 bits per heavy atom. The van der Waals surface area contributed by atoms with Crippen molar-refractivity contribution < 1.29 is 13.9 Å². The van der Waals surface area contributed by atoms with Gasteiger partial charge < -0.3 is 14.8 Å². The minimum atomic E-state index is -0.278. The van der Waals surface area contributed by atoms with Crippen LogP contribution in [-0.4, -0.2) is 40.0 Å². The van der Waals surface area contributed by atoms with Gasteiger partial charge in [0.15, 0.2) is 0 Å². The summed E-state index contributed by atoms with van der Waals surface area (Å²) in [6.07, 6.45) is 0.495. The normalized spacial score (nSPS) is 12.7. The van der Waals surface area contributed by atoms with E-state index in [4.69, 9.17) is 21.1 Å². The predicted molar refractivity (Wildman–Crippen MR) is 70.7 cm³/mol. The van der Waals surface area contributed by atoms with Crippen LogP contribution in [0.25, 0.3) is 0 Å². The Bertz CT molecular complexity index is 343. The minimum absolute atomic E-state index is 0.0243. The SMILES string of the molecule is CNC(COCCOC)Cc1c(F)cccc1Cl. The summed E-state index contributed by atoms with van der Waals surface area (Å²) in [5.74, 6) is -0.278. The Hall–Kier alpha value is -0.680. The van der Waals surface area contributed by atoms with E-state index < -0.39 is 0 Å². The highest BCUT2D eigenvalue weighted by Crippen LogP contribution is 2.20. The molecule has 18 heavy (non-hydrogen) atoms. The van der Waals surface area contributed by atoms with Crippen molar-refractivity contribution in [3.63, 3.8) is 0 Å². The topological polar surface area (TPSA) is 30.5 Å². The van der Waals surface area contributed by atoms with Gasteiger partial charge in [-0.25, -0.2) is 4.39 Å². The van der Waals surface area contributed by atoms with Crippen molar-refractivity contribution in [2.24, 2.45) is 0 Å². The molecular weight excluding hydrogens is 257 g/mol. The zero-order valence-electron chi connectivity index (χ0n) is 10.7. The fourth-order valence-electron chi connectivity index (χ4n) is 1.59. The fourth-order valence-corrected chi connectivity index (χ4v) is 1.83. The number of benzene rings is 1. The van der Waals surface area contributed by atoms with Crippen molar-refractivity contribution in [2.45, 2.75) is 12.5 Å². The van der Waals surface area contributed by atoms with Crippen molar-refractivity contribution >= 4 is 11.6 Å². The zero-order valence-corrected chi connectivity index (χ0v) is 11.5. The summed E-state index contributed by atoms with van der Waals surface area (Å²) in [5, 5.41) is 3.54. The molecule has 1 unspecified atom stereocenters. The maximum Gasteiger partial charge on any atom is 0.127 e. The second-order valence-corrected chi connectivity index (χ2v) is 4.36. The molecule has 0 radical (unpaired) electrons. The number of hydrogen-bond acceptors (Lipinski definition) is 3. The van der Waals surface area contributed by atoms with Gasteiger partial charge in [-0.05, 0) is 25.6 Å². The van der Waals surface area contributed by atoms with Gasteiger partial charge in [-0.15, -0.1) is 0 Å². The van der Waals surface area contributed by atoms with Crippen LogP contribution in [0, 0.1) is 5.82 Å². The van der Waals surface area contributed by atoms with E-state index in [0.717, 1.165) is 0 Å². The van der Waals surface area contributed by atoms with Gasteiger partial charge in [0.2, 0.25) is 0 Å². The molecule has 0 spiro atoms. The van der Waals surface area contributed by atoms with Crippen LogP contribution in [0.4, 0.5) is 4.39 Å². The quantitative estimate of drug-likeness (QED) is 0.739. The number of hydrogen-bond donors (Lipinski definition) is 1. The molecule has 0 aliphatic heterocycles. The van der Waals surface area contributed by atoms with E-state index in [1.807, 2.05) is 7.05 Å². The third-order valence-electron chi connectivity index (χ3n) is 2.67. The molecule has 5 heteroatoms. The predicted octanol–water partition coefficient (Wildman–Crippen LogP) is 2.27. The van der Waals surface area contributed by atoms with Crippen LogP contribution in [-0.2, 0) is 15.9 Å². The molecular formula is C13H19ClFNO2. The zero-order chi connectivity index (χ0) is 13.4. The molecule has 0 heterocycles.